The first-order valence-electron chi connectivity index (χ1n) is 6.89. The number of rotatable bonds is 4. The van der Waals surface area contributed by atoms with Crippen molar-refractivity contribution in [2.24, 2.45) is 0 Å². The number of hydrogen-bond acceptors (Lipinski definition) is 5. The molecule has 118 valence electrons. The van der Waals surface area contributed by atoms with Crippen molar-refractivity contribution in [3.05, 3.63) is 40.8 Å². The van der Waals surface area contributed by atoms with Crippen molar-refractivity contribution in [2.45, 2.75) is 13.5 Å². The monoisotopic (exact) mass is 350 g/mol. The molecule has 0 saturated carbocycles. The maximum Gasteiger partial charge on any atom is 0.327 e. The number of carbonyl (C=O) groups excluding carboxylic acids is 1. The van der Waals surface area contributed by atoms with Crippen LogP contribution in [0.2, 0.25) is 10.3 Å². The molecule has 0 fully saturated rings. The van der Waals surface area contributed by atoms with E-state index in [1.165, 1.54) is 6.20 Å². The van der Waals surface area contributed by atoms with Crippen LogP contribution in [0.5, 0.6) is 0 Å². The fourth-order valence-electron chi connectivity index (χ4n) is 2.26. The molecule has 3 aromatic rings. The quantitative estimate of drug-likeness (QED) is 0.532. The summed E-state index contributed by atoms with van der Waals surface area (Å²) in [4.78, 5) is 19.8. The van der Waals surface area contributed by atoms with Gasteiger partial charge >= 0.3 is 5.97 Å². The molecule has 0 radical (unpaired) electrons. The van der Waals surface area contributed by atoms with Crippen molar-refractivity contribution >= 4 is 40.1 Å². The van der Waals surface area contributed by atoms with Crippen LogP contribution in [0, 0.1) is 0 Å². The first-order chi connectivity index (χ1) is 11.1. The molecule has 0 unspecified atom stereocenters. The summed E-state index contributed by atoms with van der Waals surface area (Å²) in [7, 11) is 0. The van der Waals surface area contributed by atoms with Crippen LogP contribution >= 0.6 is 23.2 Å². The van der Waals surface area contributed by atoms with Crippen molar-refractivity contribution in [2.75, 3.05) is 6.61 Å². The van der Waals surface area contributed by atoms with Crippen LogP contribution in [-0.2, 0) is 16.1 Å². The average molecular weight is 351 g/mol. The molecule has 0 atom stereocenters. The Morgan fingerprint density at radius 1 is 1.26 bits per heavy atom. The molecule has 8 heteroatoms. The summed E-state index contributed by atoms with van der Waals surface area (Å²) in [5.74, 6) is -0.362. The molecule has 3 rings (SSSR count). The lowest BCUT2D eigenvalue weighted by molar-refractivity contribution is -0.143. The average Bonchev–Trinajstić information content (AvgIpc) is 2.89. The standard InChI is InChI=1S/C15H12Cl2N4O2/c1-2-23-12(22)8-21-11-6-4-3-5-9(11)13(20-21)14-10(16)7-18-15(17)19-14/h3-7H,2,8H2,1H3. The fraction of sp³-hybridized carbons (Fsp3) is 0.200. The second-order valence-corrected chi connectivity index (χ2v) is 5.41. The van der Waals surface area contributed by atoms with E-state index in [0.29, 0.717) is 23.0 Å². The van der Waals surface area contributed by atoms with E-state index in [-0.39, 0.29) is 17.8 Å². The Labute approximate surface area is 142 Å². The number of nitrogens with zero attached hydrogens (tertiary/aromatic N) is 4. The maximum atomic E-state index is 11.8. The van der Waals surface area contributed by atoms with Crippen LogP contribution in [0.25, 0.3) is 22.3 Å². The minimum atomic E-state index is -0.362. The Morgan fingerprint density at radius 2 is 2.04 bits per heavy atom. The molecule has 0 bridgehead atoms. The Morgan fingerprint density at radius 3 is 2.83 bits per heavy atom. The zero-order chi connectivity index (χ0) is 16.4. The lowest BCUT2D eigenvalue weighted by Gasteiger charge is -2.03. The molecule has 0 aliphatic heterocycles. The van der Waals surface area contributed by atoms with Gasteiger partial charge in [0.15, 0.2) is 0 Å². The molecule has 6 nitrogen and oxygen atoms in total. The van der Waals surface area contributed by atoms with Crippen molar-refractivity contribution in [1.82, 2.24) is 19.7 Å². The zero-order valence-electron chi connectivity index (χ0n) is 12.2. The van der Waals surface area contributed by atoms with Crippen molar-refractivity contribution in [1.29, 1.82) is 0 Å². The minimum absolute atomic E-state index is 0.00475. The number of benzene rings is 1. The second kappa shape index (κ2) is 6.52. The molecule has 2 aromatic heterocycles. The van der Waals surface area contributed by atoms with Gasteiger partial charge in [0.2, 0.25) is 5.28 Å². The Balaban J connectivity index is 2.15. The second-order valence-electron chi connectivity index (χ2n) is 4.66. The summed E-state index contributed by atoms with van der Waals surface area (Å²) in [6.07, 6.45) is 1.42. The minimum Gasteiger partial charge on any atom is -0.465 e. The van der Waals surface area contributed by atoms with Gasteiger partial charge in [0.05, 0.1) is 23.3 Å². The van der Waals surface area contributed by atoms with Gasteiger partial charge in [-0.3, -0.25) is 9.48 Å². The number of ether oxygens (including phenoxy) is 1. The third-order valence-electron chi connectivity index (χ3n) is 3.18. The highest BCUT2D eigenvalue weighted by Gasteiger charge is 2.18. The van der Waals surface area contributed by atoms with Crippen LogP contribution in [0.3, 0.4) is 0 Å². The molecule has 0 amide bonds. The maximum absolute atomic E-state index is 11.8. The van der Waals surface area contributed by atoms with Gasteiger partial charge in [-0.2, -0.15) is 5.10 Å². The molecule has 2 heterocycles. The largest absolute Gasteiger partial charge is 0.465 e. The number of aromatic nitrogens is 4. The number of para-hydroxylation sites is 1. The van der Waals surface area contributed by atoms with E-state index in [1.54, 1.807) is 11.6 Å². The van der Waals surface area contributed by atoms with Gasteiger partial charge in [-0.15, -0.1) is 0 Å². The van der Waals surface area contributed by atoms with Crippen molar-refractivity contribution < 1.29 is 9.53 Å². The van der Waals surface area contributed by atoms with E-state index >= 15 is 0 Å². The smallest absolute Gasteiger partial charge is 0.327 e. The molecule has 0 N–H and O–H groups in total. The summed E-state index contributed by atoms with van der Waals surface area (Å²) < 4.78 is 6.54. The fourth-order valence-corrected chi connectivity index (χ4v) is 2.58. The molecule has 0 saturated heterocycles. The number of hydrogen-bond donors (Lipinski definition) is 0. The molecular weight excluding hydrogens is 339 g/mol. The lowest BCUT2D eigenvalue weighted by atomic mass is 10.1. The van der Waals surface area contributed by atoms with Crippen LogP contribution in [0.1, 0.15) is 6.92 Å². The normalized spacial score (nSPS) is 10.9. The van der Waals surface area contributed by atoms with Gasteiger partial charge in [0.25, 0.3) is 0 Å². The van der Waals surface area contributed by atoms with Crippen LogP contribution < -0.4 is 0 Å². The first kappa shape index (κ1) is 15.7. The Bertz CT molecular complexity index is 879. The van der Waals surface area contributed by atoms with Gasteiger partial charge < -0.3 is 4.74 Å². The Kier molecular flexibility index (Phi) is 4.45. The SMILES string of the molecule is CCOC(=O)Cn1nc(-c2nc(Cl)ncc2Cl)c2ccccc21. The van der Waals surface area contributed by atoms with E-state index in [2.05, 4.69) is 15.1 Å². The third-order valence-corrected chi connectivity index (χ3v) is 3.64. The summed E-state index contributed by atoms with van der Waals surface area (Å²) in [6, 6.07) is 7.48. The molecule has 0 aliphatic rings. The number of fused-ring (bicyclic) bond motifs is 1. The lowest BCUT2D eigenvalue weighted by Crippen LogP contribution is -2.14. The molecular formula is C15H12Cl2N4O2. The van der Waals surface area contributed by atoms with Crippen molar-refractivity contribution in [3.8, 4) is 11.4 Å². The van der Waals surface area contributed by atoms with E-state index in [4.69, 9.17) is 27.9 Å². The third kappa shape index (κ3) is 3.13. The molecule has 0 aliphatic carbocycles. The van der Waals surface area contributed by atoms with Crippen LogP contribution in [0.4, 0.5) is 0 Å². The van der Waals surface area contributed by atoms with Crippen molar-refractivity contribution in [3.63, 3.8) is 0 Å². The highest BCUT2D eigenvalue weighted by Crippen LogP contribution is 2.31. The van der Waals surface area contributed by atoms with Crippen LogP contribution in [0.15, 0.2) is 30.5 Å². The summed E-state index contributed by atoms with van der Waals surface area (Å²) in [5, 5.41) is 5.69. The summed E-state index contributed by atoms with van der Waals surface area (Å²) in [6.45, 7) is 2.08. The highest BCUT2D eigenvalue weighted by molar-refractivity contribution is 6.34. The Hall–Kier alpha value is -2.18. The van der Waals surface area contributed by atoms with Gasteiger partial charge in [0.1, 0.15) is 17.9 Å². The van der Waals surface area contributed by atoms with Crippen LogP contribution in [-0.4, -0.2) is 32.3 Å². The van der Waals surface area contributed by atoms with Gasteiger partial charge in [-0.1, -0.05) is 29.8 Å². The van der Waals surface area contributed by atoms with Gasteiger partial charge in [-0.25, -0.2) is 9.97 Å². The van der Waals surface area contributed by atoms with E-state index in [1.807, 2.05) is 24.3 Å². The molecule has 0 spiro atoms. The number of halogens is 2. The topological polar surface area (TPSA) is 69.9 Å². The van der Waals surface area contributed by atoms with E-state index in [9.17, 15) is 4.79 Å². The summed E-state index contributed by atoms with van der Waals surface area (Å²) >= 11 is 12.0. The predicted octanol–water partition coefficient (Wildman–Crippen LogP) is 3.36. The van der Waals surface area contributed by atoms with Gasteiger partial charge in [0, 0.05) is 5.39 Å². The zero-order valence-corrected chi connectivity index (χ0v) is 13.7. The highest BCUT2D eigenvalue weighted by atomic mass is 35.5. The first-order valence-corrected chi connectivity index (χ1v) is 7.65. The molecule has 1 aromatic carbocycles. The summed E-state index contributed by atoms with van der Waals surface area (Å²) in [5.41, 5.74) is 1.74. The molecule has 23 heavy (non-hydrogen) atoms. The number of esters is 1. The van der Waals surface area contributed by atoms with Gasteiger partial charge in [-0.05, 0) is 24.6 Å². The van der Waals surface area contributed by atoms with E-state index in [0.717, 1.165) is 10.9 Å². The number of carbonyl (C=O) groups is 1. The predicted molar refractivity (Wildman–Crippen MR) is 87.4 cm³/mol. The van der Waals surface area contributed by atoms with E-state index < -0.39 is 0 Å².